The molecule has 0 aliphatic carbocycles. The van der Waals surface area contributed by atoms with E-state index in [-0.39, 0.29) is 17.9 Å². The highest BCUT2D eigenvalue weighted by molar-refractivity contribution is 7.14. The van der Waals surface area contributed by atoms with E-state index in [1.165, 1.54) is 29.5 Å². The topological polar surface area (TPSA) is 48.4 Å². The Kier molecular flexibility index (Phi) is 5.17. The molecular formula is C16H11F2NO3S2. The first-order chi connectivity index (χ1) is 11.6. The molecule has 0 unspecified atom stereocenters. The molecule has 0 aliphatic heterocycles. The second kappa shape index (κ2) is 7.50. The van der Waals surface area contributed by atoms with E-state index in [2.05, 4.69) is 9.72 Å². The number of carbonyl (C=O) groups excluding carboxylic acids is 1. The number of thiophene rings is 1. The van der Waals surface area contributed by atoms with Gasteiger partial charge in [-0.25, -0.2) is 9.78 Å². The van der Waals surface area contributed by atoms with Crippen molar-refractivity contribution in [3.63, 3.8) is 0 Å². The van der Waals surface area contributed by atoms with E-state index in [1.54, 1.807) is 22.8 Å². The van der Waals surface area contributed by atoms with E-state index in [0.29, 0.717) is 5.69 Å². The van der Waals surface area contributed by atoms with Crippen LogP contribution in [0.2, 0.25) is 0 Å². The van der Waals surface area contributed by atoms with Crippen LogP contribution >= 0.6 is 22.7 Å². The Morgan fingerprint density at radius 2 is 2.04 bits per heavy atom. The van der Waals surface area contributed by atoms with Crippen LogP contribution in [0.5, 0.6) is 5.75 Å². The summed E-state index contributed by atoms with van der Waals surface area (Å²) >= 11 is 3.02. The molecule has 0 amide bonds. The number of halogens is 2. The van der Waals surface area contributed by atoms with Gasteiger partial charge in [0.15, 0.2) is 0 Å². The zero-order valence-electron chi connectivity index (χ0n) is 12.1. The van der Waals surface area contributed by atoms with Crippen LogP contribution in [0.3, 0.4) is 0 Å². The highest BCUT2D eigenvalue weighted by Gasteiger charge is 2.17. The standard InChI is InChI=1S/C16H11F2NO3S2/c17-16(18)22-13-4-2-1-3-12(13)15(20)21-7-11-9-24-14(19-11)10-5-6-23-8-10/h1-6,8-9,16H,7H2. The fraction of sp³-hybridized carbons (Fsp3) is 0.125. The molecule has 1 aromatic carbocycles. The number of para-hydroxylation sites is 1. The largest absolute Gasteiger partial charge is 0.455 e. The van der Waals surface area contributed by atoms with Gasteiger partial charge < -0.3 is 9.47 Å². The Morgan fingerprint density at radius 3 is 2.79 bits per heavy atom. The molecule has 2 heterocycles. The van der Waals surface area contributed by atoms with Gasteiger partial charge in [-0.2, -0.15) is 20.1 Å². The number of hydrogen-bond acceptors (Lipinski definition) is 6. The first kappa shape index (κ1) is 16.5. The minimum Gasteiger partial charge on any atom is -0.455 e. The van der Waals surface area contributed by atoms with E-state index < -0.39 is 12.6 Å². The number of aromatic nitrogens is 1. The van der Waals surface area contributed by atoms with Crippen molar-refractivity contribution in [3.8, 4) is 16.3 Å². The molecule has 4 nitrogen and oxygen atoms in total. The second-order valence-corrected chi connectivity index (χ2v) is 6.24. The summed E-state index contributed by atoms with van der Waals surface area (Å²) in [5.41, 5.74) is 1.56. The van der Waals surface area contributed by atoms with E-state index in [9.17, 15) is 13.6 Å². The van der Waals surface area contributed by atoms with Gasteiger partial charge in [0.05, 0.1) is 5.69 Å². The lowest BCUT2D eigenvalue weighted by atomic mass is 10.2. The Balaban J connectivity index is 1.66. The predicted molar refractivity (Wildman–Crippen MR) is 87.6 cm³/mol. The van der Waals surface area contributed by atoms with Crippen LogP contribution in [0.25, 0.3) is 10.6 Å². The van der Waals surface area contributed by atoms with E-state index in [1.807, 2.05) is 16.8 Å². The van der Waals surface area contributed by atoms with Crippen LogP contribution in [0.15, 0.2) is 46.5 Å². The predicted octanol–water partition coefficient (Wildman–Crippen LogP) is 4.83. The minimum atomic E-state index is -3.01. The van der Waals surface area contributed by atoms with Gasteiger partial charge in [-0.3, -0.25) is 0 Å². The summed E-state index contributed by atoms with van der Waals surface area (Å²) in [4.78, 5) is 16.5. The van der Waals surface area contributed by atoms with Crippen molar-refractivity contribution in [1.29, 1.82) is 0 Å². The maximum atomic E-state index is 12.4. The number of ether oxygens (including phenoxy) is 2. The lowest BCUT2D eigenvalue weighted by molar-refractivity contribution is -0.0505. The number of esters is 1. The quantitative estimate of drug-likeness (QED) is 0.586. The monoisotopic (exact) mass is 367 g/mol. The molecule has 2 aromatic heterocycles. The lowest BCUT2D eigenvalue weighted by Gasteiger charge is -2.09. The molecule has 0 N–H and O–H groups in total. The lowest BCUT2D eigenvalue weighted by Crippen LogP contribution is -2.10. The minimum absolute atomic E-state index is 0.0392. The SMILES string of the molecule is O=C(OCc1csc(-c2ccsc2)n1)c1ccccc1OC(F)F. The maximum Gasteiger partial charge on any atom is 0.387 e. The Labute approximate surface area is 144 Å². The molecule has 3 rings (SSSR count). The van der Waals surface area contributed by atoms with Gasteiger partial charge in [-0.05, 0) is 23.6 Å². The molecule has 0 saturated heterocycles. The summed E-state index contributed by atoms with van der Waals surface area (Å²) < 4.78 is 34.2. The number of carbonyl (C=O) groups is 1. The van der Waals surface area contributed by atoms with Crippen molar-refractivity contribution < 1.29 is 23.0 Å². The number of nitrogens with zero attached hydrogens (tertiary/aromatic N) is 1. The summed E-state index contributed by atoms with van der Waals surface area (Å²) in [6.07, 6.45) is 0. The number of rotatable bonds is 6. The molecule has 124 valence electrons. The first-order valence-corrected chi connectivity index (χ1v) is 8.63. The van der Waals surface area contributed by atoms with Crippen LogP contribution in [-0.4, -0.2) is 17.6 Å². The summed E-state index contributed by atoms with van der Waals surface area (Å²) in [5, 5.41) is 6.56. The van der Waals surface area contributed by atoms with Crippen LogP contribution in [0.4, 0.5) is 8.78 Å². The maximum absolute atomic E-state index is 12.4. The first-order valence-electron chi connectivity index (χ1n) is 6.81. The zero-order chi connectivity index (χ0) is 16.9. The molecular weight excluding hydrogens is 356 g/mol. The van der Waals surface area contributed by atoms with Gasteiger partial charge in [-0.1, -0.05) is 12.1 Å². The summed E-state index contributed by atoms with van der Waals surface area (Å²) in [7, 11) is 0. The van der Waals surface area contributed by atoms with E-state index in [0.717, 1.165) is 10.6 Å². The average Bonchev–Trinajstić information content (AvgIpc) is 3.24. The highest BCUT2D eigenvalue weighted by atomic mass is 32.1. The van der Waals surface area contributed by atoms with Crippen LogP contribution in [0.1, 0.15) is 16.1 Å². The Bertz CT molecular complexity index is 818. The van der Waals surface area contributed by atoms with Crippen molar-refractivity contribution >= 4 is 28.6 Å². The third-order valence-corrected chi connectivity index (χ3v) is 4.62. The van der Waals surface area contributed by atoms with Gasteiger partial charge in [0.2, 0.25) is 0 Å². The van der Waals surface area contributed by atoms with Crippen LogP contribution in [0, 0.1) is 0 Å². The van der Waals surface area contributed by atoms with Gasteiger partial charge in [0.25, 0.3) is 0 Å². The molecule has 0 aliphatic rings. The third kappa shape index (κ3) is 3.95. The van der Waals surface area contributed by atoms with Gasteiger partial charge in [-0.15, -0.1) is 11.3 Å². The number of hydrogen-bond donors (Lipinski definition) is 0. The number of thiazole rings is 1. The average molecular weight is 367 g/mol. The Morgan fingerprint density at radius 1 is 1.21 bits per heavy atom. The highest BCUT2D eigenvalue weighted by Crippen LogP contribution is 2.26. The van der Waals surface area contributed by atoms with Crippen molar-refractivity contribution in [2.45, 2.75) is 13.2 Å². The van der Waals surface area contributed by atoms with Crippen molar-refractivity contribution in [2.75, 3.05) is 0 Å². The van der Waals surface area contributed by atoms with Crippen molar-refractivity contribution in [2.24, 2.45) is 0 Å². The van der Waals surface area contributed by atoms with Crippen molar-refractivity contribution in [3.05, 3.63) is 57.7 Å². The molecule has 8 heteroatoms. The fourth-order valence-electron chi connectivity index (χ4n) is 1.94. The van der Waals surface area contributed by atoms with E-state index >= 15 is 0 Å². The molecule has 0 radical (unpaired) electrons. The molecule has 0 fully saturated rings. The van der Waals surface area contributed by atoms with Crippen LogP contribution < -0.4 is 4.74 Å². The summed E-state index contributed by atoms with van der Waals surface area (Å²) in [5.74, 6) is -0.953. The third-order valence-electron chi connectivity index (χ3n) is 2.99. The van der Waals surface area contributed by atoms with Crippen LogP contribution in [-0.2, 0) is 11.3 Å². The van der Waals surface area contributed by atoms with Crippen molar-refractivity contribution in [1.82, 2.24) is 4.98 Å². The van der Waals surface area contributed by atoms with Gasteiger partial charge in [0, 0.05) is 16.3 Å². The summed E-state index contributed by atoms with van der Waals surface area (Å²) in [6, 6.07) is 7.67. The Hall–Kier alpha value is -2.32. The fourth-order valence-corrected chi connectivity index (χ4v) is 3.46. The van der Waals surface area contributed by atoms with E-state index in [4.69, 9.17) is 4.74 Å². The smallest absolute Gasteiger partial charge is 0.387 e. The van der Waals surface area contributed by atoms with Gasteiger partial charge >= 0.3 is 12.6 Å². The zero-order valence-corrected chi connectivity index (χ0v) is 13.8. The van der Waals surface area contributed by atoms with Gasteiger partial charge in [0.1, 0.15) is 22.9 Å². The molecule has 24 heavy (non-hydrogen) atoms. The second-order valence-electron chi connectivity index (χ2n) is 4.61. The molecule has 0 spiro atoms. The number of alkyl halides is 2. The normalized spacial score (nSPS) is 10.8. The summed E-state index contributed by atoms with van der Waals surface area (Å²) in [6.45, 7) is -3.05. The number of benzene rings is 1. The molecule has 0 bridgehead atoms. The molecule has 3 aromatic rings. The molecule has 0 atom stereocenters. The molecule has 0 saturated carbocycles.